The molecule has 0 fully saturated rings. The van der Waals surface area contributed by atoms with Crippen LogP contribution in [0.2, 0.25) is 0 Å². The number of ether oxygens (including phenoxy) is 3. The largest absolute Gasteiger partial charge is 0.493 e. The van der Waals surface area contributed by atoms with Crippen LogP contribution in [0.5, 0.6) is 11.5 Å². The third kappa shape index (κ3) is 2.42. The van der Waals surface area contributed by atoms with Crippen LogP contribution in [0.1, 0.15) is 19.4 Å². The Hall–Kier alpha value is -1.71. The molecule has 0 saturated carbocycles. The first-order valence-corrected chi connectivity index (χ1v) is 6.08. The molecule has 1 heterocycles. The highest BCUT2D eigenvalue weighted by Gasteiger charge is 2.23. The number of rotatable bonds is 4. The molecule has 0 N–H and O–H groups in total. The average molecular weight is 249 g/mol. The molecule has 1 atom stereocenters. The number of methoxy groups -OCH3 is 2. The van der Waals surface area contributed by atoms with Crippen molar-refractivity contribution in [1.82, 2.24) is 0 Å². The minimum atomic E-state index is 0.244. The Kier molecular flexibility index (Phi) is 3.75. The Bertz CT molecular complexity index is 454. The molecular weight excluding hydrogens is 230 g/mol. The van der Waals surface area contributed by atoms with Crippen molar-refractivity contribution in [2.75, 3.05) is 20.8 Å². The smallest absolute Gasteiger partial charge is 0.216 e. The van der Waals surface area contributed by atoms with Crippen LogP contribution in [0.15, 0.2) is 23.2 Å². The first kappa shape index (κ1) is 12.7. The summed E-state index contributed by atoms with van der Waals surface area (Å²) in [5, 5.41) is 0. The van der Waals surface area contributed by atoms with Gasteiger partial charge >= 0.3 is 0 Å². The highest BCUT2D eigenvalue weighted by molar-refractivity contribution is 5.95. The third-order valence-electron chi connectivity index (χ3n) is 3.07. The van der Waals surface area contributed by atoms with Gasteiger partial charge in [-0.15, -0.1) is 0 Å². The SMILES string of the molecule is COc1ccc(C2=NC(C(C)C)CO2)cc1OC. The van der Waals surface area contributed by atoms with Gasteiger partial charge in [-0.2, -0.15) is 0 Å². The van der Waals surface area contributed by atoms with Gasteiger partial charge in [0.25, 0.3) is 0 Å². The van der Waals surface area contributed by atoms with E-state index >= 15 is 0 Å². The summed E-state index contributed by atoms with van der Waals surface area (Å²) in [4.78, 5) is 4.59. The molecule has 18 heavy (non-hydrogen) atoms. The standard InChI is InChI=1S/C14H19NO3/c1-9(2)11-8-18-14(15-11)10-5-6-12(16-3)13(7-10)17-4/h5-7,9,11H,8H2,1-4H3. The van der Waals surface area contributed by atoms with Crippen LogP contribution in [-0.4, -0.2) is 32.8 Å². The maximum atomic E-state index is 5.64. The topological polar surface area (TPSA) is 40.0 Å². The monoisotopic (exact) mass is 249 g/mol. The van der Waals surface area contributed by atoms with Crippen LogP contribution in [0.3, 0.4) is 0 Å². The predicted molar refractivity (Wildman–Crippen MR) is 70.7 cm³/mol. The molecule has 1 aliphatic rings. The van der Waals surface area contributed by atoms with Gasteiger partial charge in [0.1, 0.15) is 6.61 Å². The molecule has 4 heteroatoms. The lowest BCUT2D eigenvalue weighted by Crippen LogP contribution is -2.13. The quantitative estimate of drug-likeness (QED) is 0.823. The van der Waals surface area contributed by atoms with Gasteiger partial charge < -0.3 is 14.2 Å². The Balaban J connectivity index is 2.27. The van der Waals surface area contributed by atoms with E-state index in [1.807, 2.05) is 18.2 Å². The van der Waals surface area contributed by atoms with Crippen molar-refractivity contribution in [3.63, 3.8) is 0 Å². The van der Waals surface area contributed by atoms with Gasteiger partial charge in [0.05, 0.1) is 20.3 Å². The summed E-state index contributed by atoms with van der Waals surface area (Å²) >= 11 is 0. The van der Waals surface area contributed by atoms with Crippen LogP contribution < -0.4 is 9.47 Å². The fourth-order valence-electron chi connectivity index (χ4n) is 1.86. The molecule has 98 valence electrons. The molecular formula is C14H19NO3. The molecule has 0 bridgehead atoms. The van der Waals surface area contributed by atoms with Crippen molar-refractivity contribution in [1.29, 1.82) is 0 Å². The number of benzene rings is 1. The Morgan fingerprint density at radius 2 is 1.94 bits per heavy atom. The van der Waals surface area contributed by atoms with Gasteiger partial charge in [-0.3, -0.25) is 0 Å². The van der Waals surface area contributed by atoms with E-state index in [4.69, 9.17) is 14.2 Å². The van der Waals surface area contributed by atoms with E-state index in [-0.39, 0.29) is 6.04 Å². The first-order valence-electron chi connectivity index (χ1n) is 6.08. The van der Waals surface area contributed by atoms with Crippen LogP contribution in [0, 0.1) is 5.92 Å². The Labute approximate surface area is 108 Å². The molecule has 0 amide bonds. The van der Waals surface area contributed by atoms with E-state index < -0.39 is 0 Å². The van der Waals surface area contributed by atoms with Crippen LogP contribution in [0.25, 0.3) is 0 Å². The first-order chi connectivity index (χ1) is 8.65. The normalized spacial score (nSPS) is 18.5. The van der Waals surface area contributed by atoms with Gasteiger partial charge in [-0.1, -0.05) is 13.8 Å². The Morgan fingerprint density at radius 3 is 2.50 bits per heavy atom. The molecule has 1 aromatic carbocycles. The zero-order chi connectivity index (χ0) is 13.1. The van der Waals surface area contributed by atoms with E-state index in [9.17, 15) is 0 Å². The van der Waals surface area contributed by atoms with E-state index in [1.165, 1.54) is 0 Å². The molecule has 4 nitrogen and oxygen atoms in total. The van der Waals surface area contributed by atoms with Gasteiger partial charge in [0.2, 0.25) is 5.90 Å². The highest BCUT2D eigenvalue weighted by Crippen LogP contribution is 2.29. The second kappa shape index (κ2) is 5.29. The summed E-state index contributed by atoms with van der Waals surface area (Å²) < 4.78 is 16.1. The molecule has 1 aliphatic heterocycles. The maximum Gasteiger partial charge on any atom is 0.216 e. The van der Waals surface area contributed by atoms with E-state index in [2.05, 4.69) is 18.8 Å². The number of aliphatic imine (C=N–C) groups is 1. The molecule has 0 radical (unpaired) electrons. The third-order valence-corrected chi connectivity index (χ3v) is 3.07. The molecule has 1 aromatic rings. The summed E-state index contributed by atoms with van der Waals surface area (Å²) in [6.45, 7) is 4.95. The van der Waals surface area contributed by atoms with Gasteiger partial charge in [0.15, 0.2) is 11.5 Å². The summed E-state index contributed by atoms with van der Waals surface area (Å²) in [6, 6.07) is 5.93. The van der Waals surface area contributed by atoms with Gasteiger partial charge in [-0.05, 0) is 24.1 Å². The molecule has 0 spiro atoms. The van der Waals surface area contributed by atoms with Crippen molar-refractivity contribution in [3.05, 3.63) is 23.8 Å². The minimum Gasteiger partial charge on any atom is -0.493 e. The average Bonchev–Trinajstić information content (AvgIpc) is 2.87. The lowest BCUT2D eigenvalue weighted by atomic mass is 10.1. The van der Waals surface area contributed by atoms with E-state index in [1.54, 1.807) is 14.2 Å². The van der Waals surface area contributed by atoms with Crippen molar-refractivity contribution < 1.29 is 14.2 Å². The lowest BCUT2D eigenvalue weighted by Gasteiger charge is -2.09. The van der Waals surface area contributed by atoms with Crippen molar-refractivity contribution in [2.24, 2.45) is 10.9 Å². The summed E-state index contributed by atoms with van der Waals surface area (Å²) in [5.74, 6) is 2.58. The summed E-state index contributed by atoms with van der Waals surface area (Å²) in [5.41, 5.74) is 0.927. The second-order valence-electron chi connectivity index (χ2n) is 4.63. The molecule has 2 rings (SSSR count). The fourth-order valence-corrected chi connectivity index (χ4v) is 1.86. The Morgan fingerprint density at radius 1 is 1.22 bits per heavy atom. The number of hydrogen-bond donors (Lipinski definition) is 0. The molecule has 0 aliphatic carbocycles. The zero-order valence-electron chi connectivity index (χ0n) is 11.3. The lowest BCUT2D eigenvalue weighted by molar-refractivity contribution is 0.291. The minimum absolute atomic E-state index is 0.244. The second-order valence-corrected chi connectivity index (χ2v) is 4.63. The van der Waals surface area contributed by atoms with E-state index in [0.717, 1.165) is 5.56 Å². The summed E-state index contributed by atoms with van der Waals surface area (Å²) in [6.07, 6.45) is 0. The number of hydrogen-bond acceptors (Lipinski definition) is 4. The number of nitrogens with zero attached hydrogens (tertiary/aromatic N) is 1. The van der Waals surface area contributed by atoms with Gasteiger partial charge in [-0.25, -0.2) is 4.99 Å². The molecule has 0 saturated heterocycles. The summed E-state index contributed by atoms with van der Waals surface area (Å²) in [7, 11) is 3.24. The van der Waals surface area contributed by atoms with Crippen LogP contribution in [-0.2, 0) is 4.74 Å². The molecule has 1 unspecified atom stereocenters. The zero-order valence-corrected chi connectivity index (χ0v) is 11.3. The van der Waals surface area contributed by atoms with Crippen LogP contribution in [0.4, 0.5) is 0 Å². The van der Waals surface area contributed by atoms with Gasteiger partial charge in [0, 0.05) is 5.56 Å². The fraction of sp³-hybridized carbons (Fsp3) is 0.500. The van der Waals surface area contributed by atoms with Crippen molar-refractivity contribution in [3.8, 4) is 11.5 Å². The van der Waals surface area contributed by atoms with Crippen LogP contribution >= 0.6 is 0 Å². The van der Waals surface area contributed by atoms with E-state index in [0.29, 0.717) is 29.9 Å². The molecule has 0 aromatic heterocycles. The highest BCUT2D eigenvalue weighted by atomic mass is 16.5. The van der Waals surface area contributed by atoms with Crippen molar-refractivity contribution in [2.45, 2.75) is 19.9 Å². The maximum absolute atomic E-state index is 5.64. The van der Waals surface area contributed by atoms with Crippen molar-refractivity contribution >= 4 is 5.90 Å². The predicted octanol–water partition coefficient (Wildman–Crippen LogP) is 2.51.